The van der Waals surface area contributed by atoms with Crippen molar-refractivity contribution in [3.63, 3.8) is 0 Å². The van der Waals surface area contributed by atoms with Crippen LogP contribution in [-0.2, 0) is 16.4 Å². The Morgan fingerprint density at radius 2 is 1.75 bits per heavy atom. The average molecular weight is 296 g/mol. The third kappa shape index (κ3) is 3.59. The molecule has 0 saturated carbocycles. The maximum Gasteiger partial charge on any atom is 0.243 e. The monoisotopic (exact) mass is 296 g/mol. The molecule has 1 aromatic rings. The molecule has 112 valence electrons. The summed E-state index contributed by atoms with van der Waals surface area (Å²) in [6.45, 7) is 5.36. The van der Waals surface area contributed by atoms with Gasteiger partial charge in [0.25, 0.3) is 0 Å². The van der Waals surface area contributed by atoms with E-state index in [1.54, 1.807) is 16.4 Å². The Bertz CT molecular complexity index is 529. The van der Waals surface area contributed by atoms with E-state index >= 15 is 0 Å². The summed E-state index contributed by atoms with van der Waals surface area (Å²) in [4.78, 5) is 0.389. The number of piperidine rings is 1. The third-order valence-electron chi connectivity index (χ3n) is 3.70. The molecule has 5 heteroatoms. The smallest absolute Gasteiger partial charge is 0.243 e. The Balaban J connectivity index is 2.13. The highest BCUT2D eigenvalue weighted by molar-refractivity contribution is 7.89. The molecule has 1 aromatic carbocycles. The number of nitrogens with zero attached hydrogens (tertiary/aromatic N) is 1. The van der Waals surface area contributed by atoms with Gasteiger partial charge in [-0.1, -0.05) is 26.0 Å². The van der Waals surface area contributed by atoms with Gasteiger partial charge in [0.2, 0.25) is 10.0 Å². The van der Waals surface area contributed by atoms with Crippen molar-refractivity contribution in [3.8, 4) is 0 Å². The van der Waals surface area contributed by atoms with E-state index in [0.717, 1.165) is 19.3 Å². The van der Waals surface area contributed by atoms with Gasteiger partial charge in [-0.3, -0.25) is 0 Å². The van der Waals surface area contributed by atoms with Gasteiger partial charge in [0.1, 0.15) is 0 Å². The molecule has 0 bridgehead atoms. The molecule has 0 atom stereocenters. The Morgan fingerprint density at radius 1 is 1.20 bits per heavy atom. The van der Waals surface area contributed by atoms with Crippen molar-refractivity contribution < 1.29 is 8.42 Å². The zero-order chi connectivity index (χ0) is 14.8. The second-order valence-electron chi connectivity index (χ2n) is 5.98. The Kier molecular flexibility index (Phi) is 4.83. The SMILES string of the molecule is CC(C)Cc1ccc(S(=O)(=O)N2CCC(N)CC2)cc1. The molecule has 0 aromatic heterocycles. The maximum atomic E-state index is 12.5. The van der Waals surface area contributed by atoms with Crippen molar-refractivity contribution in [3.05, 3.63) is 29.8 Å². The molecular weight excluding hydrogens is 272 g/mol. The van der Waals surface area contributed by atoms with Gasteiger partial charge in [0.05, 0.1) is 4.90 Å². The first-order valence-corrected chi connectivity index (χ1v) is 8.68. The fraction of sp³-hybridized carbons (Fsp3) is 0.600. The van der Waals surface area contributed by atoms with E-state index in [1.807, 2.05) is 12.1 Å². The van der Waals surface area contributed by atoms with Crippen LogP contribution in [0.25, 0.3) is 0 Å². The van der Waals surface area contributed by atoms with Crippen molar-refractivity contribution in [1.29, 1.82) is 0 Å². The van der Waals surface area contributed by atoms with Crippen molar-refractivity contribution in [2.75, 3.05) is 13.1 Å². The van der Waals surface area contributed by atoms with E-state index < -0.39 is 10.0 Å². The molecule has 0 spiro atoms. The molecule has 4 nitrogen and oxygen atoms in total. The average Bonchev–Trinajstić information content (AvgIpc) is 2.39. The molecular formula is C15H24N2O2S. The summed E-state index contributed by atoms with van der Waals surface area (Å²) in [6.07, 6.45) is 2.45. The van der Waals surface area contributed by atoms with E-state index in [1.165, 1.54) is 5.56 Å². The molecule has 1 aliphatic heterocycles. The van der Waals surface area contributed by atoms with Gasteiger partial charge in [-0.15, -0.1) is 0 Å². The first kappa shape index (κ1) is 15.5. The minimum absolute atomic E-state index is 0.134. The molecule has 1 heterocycles. The third-order valence-corrected chi connectivity index (χ3v) is 5.62. The van der Waals surface area contributed by atoms with E-state index in [4.69, 9.17) is 5.73 Å². The lowest BCUT2D eigenvalue weighted by Gasteiger charge is -2.29. The fourth-order valence-corrected chi connectivity index (χ4v) is 4.00. The van der Waals surface area contributed by atoms with Crippen molar-refractivity contribution in [2.24, 2.45) is 11.7 Å². The zero-order valence-electron chi connectivity index (χ0n) is 12.2. The summed E-state index contributed by atoms with van der Waals surface area (Å²) < 4.78 is 26.6. The fourth-order valence-electron chi connectivity index (χ4n) is 2.53. The lowest BCUT2D eigenvalue weighted by atomic mass is 10.0. The second kappa shape index (κ2) is 6.24. The predicted molar refractivity (Wildman–Crippen MR) is 81.0 cm³/mol. The van der Waals surface area contributed by atoms with Crippen LogP contribution in [0.5, 0.6) is 0 Å². The number of sulfonamides is 1. The number of hydrogen-bond acceptors (Lipinski definition) is 3. The number of rotatable bonds is 4. The second-order valence-corrected chi connectivity index (χ2v) is 7.92. The summed E-state index contributed by atoms with van der Waals surface area (Å²) in [5.41, 5.74) is 7.00. The van der Waals surface area contributed by atoms with Crippen molar-refractivity contribution in [2.45, 2.75) is 44.0 Å². The molecule has 1 aliphatic rings. The van der Waals surface area contributed by atoms with Crippen molar-refractivity contribution >= 4 is 10.0 Å². The van der Waals surface area contributed by atoms with E-state index in [-0.39, 0.29) is 6.04 Å². The quantitative estimate of drug-likeness (QED) is 0.924. The van der Waals surface area contributed by atoms with Crippen LogP contribution in [0.4, 0.5) is 0 Å². The Morgan fingerprint density at radius 3 is 2.25 bits per heavy atom. The van der Waals surface area contributed by atoms with Crippen LogP contribution in [0.2, 0.25) is 0 Å². The highest BCUT2D eigenvalue weighted by Crippen LogP contribution is 2.21. The minimum Gasteiger partial charge on any atom is -0.328 e. The summed E-state index contributed by atoms with van der Waals surface area (Å²) in [7, 11) is -3.35. The van der Waals surface area contributed by atoms with Crippen molar-refractivity contribution in [1.82, 2.24) is 4.31 Å². The van der Waals surface area contributed by atoms with Gasteiger partial charge < -0.3 is 5.73 Å². The largest absolute Gasteiger partial charge is 0.328 e. The van der Waals surface area contributed by atoms with Crippen LogP contribution < -0.4 is 5.73 Å². The topological polar surface area (TPSA) is 63.4 Å². The molecule has 20 heavy (non-hydrogen) atoms. The van der Waals surface area contributed by atoms with Gasteiger partial charge in [0, 0.05) is 19.1 Å². The predicted octanol–water partition coefficient (Wildman–Crippen LogP) is 2.00. The van der Waals surface area contributed by atoms with E-state index in [9.17, 15) is 8.42 Å². The summed E-state index contributed by atoms with van der Waals surface area (Å²) in [5, 5.41) is 0. The molecule has 0 amide bonds. The first-order valence-electron chi connectivity index (χ1n) is 7.24. The molecule has 0 unspecified atom stereocenters. The zero-order valence-corrected chi connectivity index (χ0v) is 13.1. The number of benzene rings is 1. The van der Waals surface area contributed by atoms with Gasteiger partial charge in [-0.2, -0.15) is 4.31 Å². The summed E-state index contributed by atoms with van der Waals surface area (Å²) >= 11 is 0. The van der Waals surface area contributed by atoms with Crippen LogP contribution in [0.3, 0.4) is 0 Å². The normalized spacial score (nSPS) is 18.6. The van der Waals surface area contributed by atoms with E-state index in [0.29, 0.717) is 23.9 Å². The van der Waals surface area contributed by atoms with Gasteiger partial charge in [-0.25, -0.2) is 8.42 Å². The van der Waals surface area contributed by atoms with Crippen LogP contribution in [0, 0.1) is 5.92 Å². The molecule has 2 N–H and O–H groups in total. The number of hydrogen-bond donors (Lipinski definition) is 1. The maximum absolute atomic E-state index is 12.5. The lowest BCUT2D eigenvalue weighted by Crippen LogP contribution is -2.42. The molecule has 0 radical (unpaired) electrons. The standard InChI is InChI=1S/C15H24N2O2S/c1-12(2)11-13-3-5-15(6-4-13)20(18,19)17-9-7-14(16)8-10-17/h3-6,12,14H,7-11,16H2,1-2H3. The van der Waals surface area contributed by atoms with Gasteiger partial charge >= 0.3 is 0 Å². The summed E-state index contributed by atoms with van der Waals surface area (Å²) in [6, 6.07) is 7.42. The highest BCUT2D eigenvalue weighted by Gasteiger charge is 2.27. The van der Waals surface area contributed by atoms with Crippen LogP contribution in [-0.4, -0.2) is 31.9 Å². The van der Waals surface area contributed by atoms with Gasteiger partial charge in [0.15, 0.2) is 0 Å². The first-order chi connectivity index (χ1) is 9.39. The van der Waals surface area contributed by atoms with Gasteiger partial charge in [-0.05, 0) is 42.9 Å². The molecule has 0 aliphatic carbocycles. The molecule has 2 rings (SSSR count). The van der Waals surface area contributed by atoms with Crippen LogP contribution in [0.1, 0.15) is 32.3 Å². The number of nitrogens with two attached hydrogens (primary N) is 1. The lowest BCUT2D eigenvalue weighted by molar-refractivity contribution is 0.320. The molecule has 1 fully saturated rings. The van der Waals surface area contributed by atoms with E-state index in [2.05, 4.69) is 13.8 Å². The highest BCUT2D eigenvalue weighted by atomic mass is 32.2. The summed E-state index contributed by atoms with van der Waals surface area (Å²) in [5.74, 6) is 0.570. The molecule has 1 saturated heterocycles. The Labute approximate surface area is 122 Å². The van der Waals surface area contributed by atoms with Crippen LogP contribution >= 0.6 is 0 Å². The minimum atomic E-state index is -3.35. The van der Waals surface area contributed by atoms with Crippen LogP contribution in [0.15, 0.2) is 29.2 Å². The Hall–Kier alpha value is -0.910.